The van der Waals surface area contributed by atoms with Gasteiger partial charge >= 0.3 is 5.97 Å². The van der Waals surface area contributed by atoms with Crippen LogP contribution in [0.15, 0.2) is 18.2 Å². The van der Waals surface area contributed by atoms with Gasteiger partial charge in [-0.15, -0.1) is 0 Å². The quantitative estimate of drug-likeness (QED) is 0.648. The van der Waals surface area contributed by atoms with Gasteiger partial charge in [0.25, 0.3) is 0 Å². The molecular formula is C16H20N2O5. The van der Waals surface area contributed by atoms with Gasteiger partial charge in [-0.2, -0.15) is 0 Å². The van der Waals surface area contributed by atoms with E-state index in [0.717, 1.165) is 0 Å². The van der Waals surface area contributed by atoms with Crippen molar-refractivity contribution in [3.8, 4) is 5.75 Å². The Balaban J connectivity index is 1.98. The number of likely N-dealkylation sites (tertiary alicyclic amines) is 1. The SMILES string of the molecule is COC(=O)c1ccc(NC(=O)C2CCN(C(C)=O)CC2)c(O)c1. The molecule has 1 fully saturated rings. The molecule has 0 unspecified atom stereocenters. The molecule has 2 N–H and O–H groups in total. The lowest BCUT2D eigenvalue weighted by atomic mass is 9.95. The largest absolute Gasteiger partial charge is 0.506 e. The molecular weight excluding hydrogens is 300 g/mol. The molecule has 0 bridgehead atoms. The second-order valence-electron chi connectivity index (χ2n) is 5.49. The highest BCUT2D eigenvalue weighted by Gasteiger charge is 2.26. The maximum atomic E-state index is 12.3. The first-order valence-electron chi connectivity index (χ1n) is 7.40. The Morgan fingerprint density at radius 3 is 2.43 bits per heavy atom. The van der Waals surface area contributed by atoms with Gasteiger partial charge in [-0.1, -0.05) is 0 Å². The van der Waals surface area contributed by atoms with Gasteiger partial charge in [0.05, 0.1) is 18.4 Å². The third-order valence-electron chi connectivity index (χ3n) is 3.99. The van der Waals surface area contributed by atoms with Crippen molar-refractivity contribution in [3.05, 3.63) is 23.8 Å². The van der Waals surface area contributed by atoms with Crippen molar-refractivity contribution in [2.24, 2.45) is 5.92 Å². The molecule has 0 spiro atoms. The fraction of sp³-hybridized carbons (Fsp3) is 0.438. The molecule has 1 aromatic rings. The number of phenolic OH excluding ortho intramolecular Hbond substituents is 1. The predicted molar refractivity (Wildman–Crippen MR) is 83.1 cm³/mol. The van der Waals surface area contributed by atoms with Crippen LogP contribution >= 0.6 is 0 Å². The smallest absolute Gasteiger partial charge is 0.337 e. The zero-order chi connectivity index (χ0) is 17.0. The van der Waals surface area contributed by atoms with E-state index in [2.05, 4.69) is 10.1 Å². The summed E-state index contributed by atoms with van der Waals surface area (Å²) >= 11 is 0. The topological polar surface area (TPSA) is 95.9 Å². The van der Waals surface area contributed by atoms with E-state index in [-0.39, 0.29) is 34.7 Å². The van der Waals surface area contributed by atoms with Crippen molar-refractivity contribution >= 4 is 23.5 Å². The Morgan fingerprint density at radius 1 is 1.26 bits per heavy atom. The summed E-state index contributed by atoms with van der Waals surface area (Å²) in [6, 6.07) is 4.18. The van der Waals surface area contributed by atoms with Crippen molar-refractivity contribution in [3.63, 3.8) is 0 Å². The fourth-order valence-corrected chi connectivity index (χ4v) is 2.57. The van der Waals surface area contributed by atoms with Gasteiger partial charge < -0.3 is 20.1 Å². The highest BCUT2D eigenvalue weighted by molar-refractivity contribution is 5.96. The average Bonchev–Trinajstić information content (AvgIpc) is 2.55. The Morgan fingerprint density at radius 2 is 1.91 bits per heavy atom. The maximum Gasteiger partial charge on any atom is 0.337 e. The standard InChI is InChI=1S/C16H20N2O5/c1-10(19)18-7-5-11(6-8-18)15(21)17-13-4-3-12(9-14(13)20)16(22)23-2/h3-4,9,11,20H,5-8H2,1-2H3,(H,17,21). The number of benzene rings is 1. The Hall–Kier alpha value is -2.57. The van der Waals surface area contributed by atoms with E-state index in [1.54, 1.807) is 4.90 Å². The number of phenols is 1. The molecule has 7 nitrogen and oxygen atoms in total. The van der Waals surface area contributed by atoms with Crippen LogP contribution in [0.25, 0.3) is 0 Å². The molecule has 0 atom stereocenters. The molecule has 1 aromatic carbocycles. The summed E-state index contributed by atoms with van der Waals surface area (Å²) in [6.07, 6.45) is 1.18. The van der Waals surface area contributed by atoms with E-state index < -0.39 is 5.97 Å². The van der Waals surface area contributed by atoms with Gasteiger partial charge in [0.1, 0.15) is 5.75 Å². The van der Waals surface area contributed by atoms with Crippen molar-refractivity contribution in [1.29, 1.82) is 0 Å². The van der Waals surface area contributed by atoms with E-state index in [0.29, 0.717) is 25.9 Å². The monoisotopic (exact) mass is 320 g/mol. The molecule has 1 saturated heterocycles. The number of nitrogens with zero attached hydrogens (tertiary/aromatic N) is 1. The number of ether oxygens (including phenoxy) is 1. The number of methoxy groups -OCH3 is 1. The summed E-state index contributed by atoms with van der Waals surface area (Å²) in [7, 11) is 1.25. The number of hydrogen-bond acceptors (Lipinski definition) is 5. The first-order chi connectivity index (χ1) is 10.9. The third-order valence-corrected chi connectivity index (χ3v) is 3.99. The molecule has 23 heavy (non-hydrogen) atoms. The van der Waals surface area contributed by atoms with Crippen LogP contribution in [-0.4, -0.2) is 48.0 Å². The molecule has 124 valence electrons. The number of rotatable bonds is 3. The number of carbonyl (C=O) groups excluding carboxylic acids is 3. The molecule has 1 aliphatic heterocycles. The Labute approximate surface area is 134 Å². The van der Waals surface area contributed by atoms with Crippen molar-refractivity contribution < 1.29 is 24.2 Å². The van der Waals surface area contributed by atoms with Crippen LogP contribution in [0.2, 0.25) is 0 Å². The summed E-state index contributed by atoms with van der Waals surface area (Å²) in [5.41, 5.74) is 0.453. The van der Waals surface area contributed by atoms with Crippen LogP contribution < -0.4 is 5.32 Å². The highest BCUT2D eigenvalue weighted by Crippen LogP contribution is 2.26. The van der Waals surface area contributed by atoms with Gasteiger partial charge in [0, 0.05) is 25.9 Å². The molecule has 0 aliphatic carbocycles. The van der Waals surface area contributed by atoms with E-state index in [9.17, 15) is 19.5 Å². The number of anilines is 1. The summed E-state index contributed by atoms with van der Waals surface area (Å²) in [5.74, 6) is -1.14. The van der Waals surface area contributed by atoms with Crippen LogP contribution in [0.5, 0.6) is 5.75 Å². The Bertz CT molecular complexity index is 621. The van der Waals surface area contributed by atoms with Gasteiger partial charge in [0.2, 0.25) is 11.8 Å². The second kappa shape index (κ2) is 7.13. The van der Waals surface area contributed by atoms with Gasteiger partial charge in [-0.25, -0.2) is 4.79 Å². The molecule has 1 aliphatic rings. The van der Waals surface area contributed by atoms with Crippen LogP contribution in [0.3, 0.4) is 0 Å². The molecule has 2 amide bonds. The van der Waals surface area contributed by atoms with E-state index in [1.165, 1.54) is 32.2 Å². The highest BCUT2D eigenvalue weighted by atomic mass is 16.5. The zero-order valence-corrected chi connectivity index (χ0v) is 13.2. The second-order valence-corrected chi connectivity index (χ2v) is 5.49. The minimum absolute atomic E-state index is 0.0138. The lowest BCUT2D eigenvalue weighted by Gasteiger charge is -2.30. The molecule has 7 heteroatoms. The summed E-state index contributed by atoms with van der Waals surface area (Å²) < 4.78 is 4.57. The van der Waals surface area contributed by atoms with E-state index in [4.69, 9.17) is 0 Å². The lowest BCUT2D eigenvalue weighted by molar-refractivity contribution is -0.132. The number of hydrogen-bond donors (Lipinski definition) is 2. The number of amides is 2. The fourth-order valence-electron chi connectivity index (χ4n) is 2.57. The van der Waals surface area contributed by atoms with Crippen molar-refractivity contribution in [2.45, 2.75) is 19.8 Å². The van der Waals surface area contributed by atoms with Crippen LogP contribution in [0.1, 0.15) is 30.1 Å². The average molecular weight is 320 g/mol. The third kappa shape index (κ3) is 4.00. The number of piperidine rings is 1. The van der Waals surface area contributed by atoms with Crippen molar-refractivity contribution in [2.75, 3.05) is 25.5 Å². The first kappa shape index (κ1) is 16.8. The zero-order valence-electron chi connectivity index (χ0n) is 13.2. The van der Waals surface area contributed by atoms with E-state index in [1.807, 2.05) is 0 Å². The van der Waals surface area contributed by atoms with Crippen LogP contribution in [-0.2, 0) is 14.3 Å². The Kier molecular flexibility index (Phi) is 5.20. The molecule has 2 rings (SSSR count). The summed E-state index contributed by atoms with van der Waals surface area (Å²) in [6.45, 7) is 2.63. The van der Waals surface area contributed by atoms with Gasteiger partial charge in [-0.05, 0) is 31.0 Å². The van der Waals surface area contributed by atoms with Gasteiger partial charge in [0.15, 0.2) is 0 Å². The normalized spacial score (nSPS) is 15.1. The number of nitrogens with one attached hydrogen (secondary N) is 1. The van der Waals surface area contributed by atoms with Crippen LogP contribution in [0.4, 0.5) is 5.69 Å². The summed E-state index contributed by atoms with van der Waals surface area (Å²) in [4.78, 5) is 36.6. The summed E-state index contributed by atoms with van der Waals surface area (Å²) in [5, 5.41) is 12.6. The van der Waals surface area contributed by atoms with Crippen molar-refractivity contribution in [1.82, 2.24) is 4.90 Å². The van der Waals surface area contributed by atoms with E-state index >= 15 is 0 Å². The number of carbonyl (C=O) groups is 3. The number of esters is 1. The molecule has 0 radical (unpaired) electrons. The predicted octanol–water partition coefficient (Wildman–Crippen LogP) is 1.38. The maximum absolute atomic E-state index is 12.3. The van der Waals surface area contributed by atoms with Gasteiger partial charge in [-0.3, -0.25) is 9.59 Å². The molecule has 0 aromatic heterocycles. The molecule has 1 heterocycles. The first-order valence-corrected chi connectivity index (χ1v) is 7.40. The minimum atomic E-state index is -0.560. The number of aromatic hydroxyl groups is 1. The lowest BCUT2D eigenvalue weighted by Crippen LogP contribution is -2.40. The minimum Gasteiger partial charge on any atom is -0.506 e. The molecule has 0 saturated carbocycles. The van der Waals surface area contributed by atoms with Crippen LogP contribution in [0, 0.1) is 5.92 Å².